The van der Waals surface area contributed by atoms with E-state index in [-0.39, 0.29) is 5.82 Å². The molecule has 0 radical (unpaired) electrons. The fourth-order valence-corrected chi connectivity index (χ4v) is 2.79. The van der Waals surface area contributed by atoms with Crippen LogP contribution in [0.3, 0.4) is 0 Å². The molecule has 3 rings (SSSR count). The molecule has 0 fully saturated rings. The summed E-state index contributed by atoms with van der Waals surface area (Å²) in [4.78, 5) is 0. The molecule has 0 unspecified atom stereocenters. The third-order valence-corrected chi connectivity index (χ3v) is 4.15. The zero-order valence-electron chi connectivity index (χ0n) is 13.2. The second-order valence-electron chi connectivity index (χ2n) is 4.89. The lowest BCUT2D eigenvalue weighted by Gasteiger charge is -2.05. The van der Waals surface area contributed by atoms with E-state index in [1.165, 1.54) is 23.9 Å². The van der Waals surface area contributed by atoms with Crippen LogP contribution in [0.5, 0.6) is 11.5 Å². The van der Waals surface area contributed by atoms with Gasteiger partial charge in [0, 0.05) is 17.4 Å². The van der Waals surface area contributed by atoms with Gasteiger partial charge in [0.15, 0.2) is 0 Å². The smallest absolute Gasteiger partial charge is 0.277 e. The van der Waals surface area contributed by atoms with E-state index in [1.807, 2.05) is 6.07 Å². The highest BCUT2D eigenvalue weighted by Crippen LogP contribution is 2.31. The monoisotopic (exact) mass is 346 g/mol. The van der Waals surface area contributed by atoms with Gasteiger partial charge in [-0.2, -0.15) is 0 Å². The predicted molar refractivity (Wildman–Crippen MR) is 88.8 cm³/mol. The highest BCUT2D eigenvalue weighted by molar-refractivity contribution is 7.98. The molecule has 0 N–H and O–H groups in total. The summed E-state index contributed by atoms with van der Waals surface area (Å²) < 4.78 is 29.3. The van der Waals surface area contributed by atoms with Gasteiger partial charge in [-0.15, -0.1) is 10.2 Å². The number of rotatable bonds is 6. The molecule has 0 aliphatic heterocycles. The van der Waals surface area contributed by atoms with Gasteiger partial charge in [-0.3, -0.25) is 0 Å². The maximum Gasteiger partial charge on any atom is 0.277 e. The quantitative estimate of drug-likeness (QED) is 0.624. The summed E-state index contributed by atoms with van der Waals surface area (Å²) >= 11 is 1.35. The molecule has 0 bridgehead atoms. The lowest BCUT2D eigenvalue weighted by Crippen LogP contribution is -1.88. The molecule has 0 amide bonds. The summed E-state index contributed by atoms with van der Waals surface area (Å²) in [6.07, 6.45) is 0. The van der Waals surface area contributed by atoms with Crippen LogP contribution in [0.1, 0.15) is 5.56 Å². The van der Waals surface area contributed by atoms with E-state index in [0.717, 1.165) is 5.56 Å². The Kier molecular flexibility index (Phi) is 5.00. The number of aromatic nitrogens is 2. The second kappa shape index (κ2) is 7.35. The third kappa shape index (κ3) is 3.86. The number of nitrogens with zero attached hydrogens (tertiary/aromatic N) is 2. The topological polar surface area (TPSA) is 57.4 Å². The SMILES string of the molecule is COc1cc(OC)cc(-c2nnc(SCc3cccc(F)c3)o2)c1. The van der Waals surface area contributed by atoms with Crippen molar-refractivity contribution in [3.63, 3.8) is 0 Å². The number of benzene rings is 2. The Morgan fingerprint density at radius 3 is 2.46 bits per heavy atom. The molecule has 0 atom stereocenters. The Bertz CT molecular complexity index is 816. The molecule has 0 aliphatic rings. The number of thioether (sulfide) groups is 1. The lowest BCUT2D eigenvalue weighted by molar-refractivity contribution is 0.394. The molecule has 2 aromatic carbocycles. The van der Waals surface area contributed by atoms with Crippen LogP contribution in [0.25, 0.3) is 11.5 Å². The zero-order valence-corrected chi connectivity index (χ0v) is 14.0. The minimum atomic E-state index is -0.261. The largest absolute Gasteiger partial charge is 0.497 e. The summed E-state index contributed by atoms with van der Waals surface area (Å²) in [5, 5.41) is 8.47. The van der Waals surface area contributed by atoms with Crippen molar-refractivity contribution >= 4 is 11.8 Å². The first-order valence-electron chi connectivity index (χ1n) is 7.12. The van der Waals surface area contributed by atoms with Gasteiger partial charge in [-0.25, -0.2) is 4.39 Å². The Labute approximate surface area is 142 Å². The van der Waals surface area contributed by atoms with Gasteiger partial charge >= 0.3 is 0 Å². The second-order valence-corrected chi connectivity index (χ2v) is 5.82. The van der Waals surface area contributed by atoms with Crippen LogP contribution in [0, 0.1) is 5.82 Å². The van der Waals surface area contributed by atoms with Crippen LogP contribution in [0.2, 0.25) is 0 Å². The van der Waals surface area contributed by atoms with Crippen LogP contribution >= 0.6 is 11.8 Å². The van der Waals surface area contributed by atoms with E-state index < -0.39 is 0 Å². The van der Waals surface area contributed by atoms with Gasteiger partial charge in [-0.1, -0.05) is 23.9 Å². The summed E-state index contributed by atoms with van der Waals surface area (Å²) in [6, 6.07) is 11.8. The summed E-state index contributed by atoms with van der Waals surface area (Å²) in [6.45, 7) is 0. The van der Waals surface area contributed by atoms with Crippen LogP contribution < -0.4 is 9.47 Å². The molecule has 0 spiro atoms. The van der Waals surface area contributed by atoms with Crippen LogP contribution in [-0.4, -0.2) is 24.4 Å². The number of hydrogen-bond acceptors (Lipinski definition) is 6. The first-order chi connectivity index (χ1) is 11.7. The molecule has 0 saturated carbocycles. The fourth-order valence-electron chi connectivity index (χ4n) is 2.09. The summed E-state index contributed by atoms with van der Waals surface area (Å²) in [5.41, 5.74) is 1.55. The molecular formula is C17H15FN2O3S. The van der Waals surface area contributed by atoms with Gasteiger partial charge in [0.1, 0.15) is 17.3 Å². The van der Waals surface area contributed by atoms with Crippen molar-refractivity contribution in [3.05, 3.63) is 53.8 Å². The van der Waals surface area contributed by atoms with Crippen LogP contribution in [0.15, 0.2) is 52.1 Å². The van der Waals surface area contributed by atoms with Gasteiger partial charge < -0.3 is 13.9 Å². The maximum atomic E-state index is 13.2. The normalized spacial score (nSPS) is 10.6. The van der Waals surface area contributed by atoms with E-state index in [0.29, 0.717) is 33.9 Å². The molecule has 0 aliphatic carbocycles. The summed E-state index contributed by atoms with van der Waals surface area (Å²) in [5.74, 6) is 1.92. The van der Waals surface area contributed by atoms with Gasteiger partial charge in [0.2, 0.25) is 5.89 Å². The average Bonchev–Trinajstić information content (AvgIpc) is 3.08. The van der Waals surface area contributed by atoms with Gasteiger partial charge in [0.25, 0.3) is 5.22 Å². The van der Waals surface area contributed by atoms with Gasteiger partial charge in [0.05, 0.1) is 14.2 Å². The lowest BCUT2D eigenvalue weighted by atomic mass is 10.2. The maximum absolute atomic E-state index is 13.2. The number of methoxy groups -OCH3 is 2. The minimum absolute atomic E-state index is 0.261. The average molecular weight is 346 g/mol. The Morgan fingerprint density at radius 2 is 1.79 bits per heavy atom. The third-order valence-electron chi connectivity index (χ3n) is 3.26. The van der Waals surface area contributed by atoms with Crippen LogP contribution in [0.4, 0.5) is 4.39 Å². The van der Waals surface area contributed by atoms with E-state index >= 15 is 0 Å². The Morgan fingerprint density at radius 1 is 1.04 bits per heavy atom. The molecule has 5 nitrogen and oxygen atoms in total. The highest BCUT2D eigenvalue weighted by Gasteiger charge is 2.12. The molecular weight excluding hydrogens is 331 g/mol. The first kappa shape index (κ1) is 16.3. The van der Waals surface area contributed by atoms with E-state index in [9.17, 15) is 4.39 Å². The van der Waals surface area contributed by atoms with Crippen molar-refractivity contribution in [2.24, 2.45) is 0 Å². The highest BCUT2D eigenvalue weighted by atomic mass is 32.2. The summed E-state index contributed by atoms with van der Waals surface area (Å²) in [7, 11) is 3.15. The van der Waals surface area contributed by atoms with Crippen molar-refractivity contribution < 1.29 is 18.3 Å². The predicted octanol–water partition coefficient (Wildman–Crippen LogP) is 4.19. The molecule has 7 heteroatoms. The van der Waals surface area contributed by atoms with Crippen molar-refractivity contribution in [1.82, 2.24) is 10.2 Å². The molecule has 1 heterocycles. The molecule has 0 saturated heterocycles. The van der Waals surface area contributed by atoms with Crippen molar-refractivity contribution in [3.8, 4) is 23.0 Å². The van der Waals surface area contributed by atoms with Crippen molar-refractivity contribution in [2.75, 3.05) is 14.2 Å². The molecule has 1 aromatic heterocycles. The first-order valence-corrected chi connectivity index (χ1v) is 8.10. The number of ether oxygens (including phenoxy) is 2. The van der Waals surface area contributed by atoms with E-state index in [4.69, 9.17) is 13.9 Å². The number of halogens is 1. The standard InChI is InChI=1S/C17H15FN2O3S/c1-21-14-7-12(8-15(9-14)22-2)16-19-20-17(23-16)24-10-11-4-3-5-13(18)6-11/h3-9H,10H2,1-2H3. The van der Waals surface area contributed by atoms with Crippen molar-refractivity contribution in [2.45, 2.75) is 11.0 Å². The molecule has 124 valence electrons. The Balaban J connectivity index is 1.75. The van der Waals surface area contributed by atoms with E-state index in [1.54, 1.807) is 38.5 Å². The number of hydrogen-bond donors (Lipinski definition) is 0. The Hall–Kier alpha value is -2.54. The van der Waals surface area contributed by atoms with Crippen LogP contribution in [-0.2, 0) is 5.75 Å². The fraction of sp³-hybridized carbons (Fsp3) is 0.176. The zero-order chi connectivity index (χ0) is 16.9. The van der Waals surface area contributed by atoms with Crippen molar-refractivity contribution in [1.29, 1.82) is 0 Å². The molecule has 3 aromatic rings. The van der Waals surface area contributed by atoms with E-state index in [2.05, 4.69) is 10.2 Å². The van der Waals surface area contributed by atoms with Gasteiger partial charge in [-0.05, 0) is 29.8 Å². The molecule has 24 heavy (non-hydrogen) atoms. The minimum Gasteiger partial charge on any atom is -0.497 e.